The number of carbonyl (C=O) groups is 3. The fourth-order valence-electron chi connectivity index (χ4n) is 4.02. The fraction of sp³-hybridized carbons (Fsp3) is 0.824. The smallest absolute Gasteiger partial charge is 0.325 e. The summed E-state index contributed by atoms with van der Waals surface area (Å²) in [5, 5.41) is 2.29. The Hall–Kier alpha value is -1.63. The SMILES string of the molecule is CC1(C)C(=O)NC(=O)N1CC(=O)N1CCCN(C2CCCC2)CC1. The number of nitrogens with one attached hydrogen (secondary N) is 1. The number of carbonyl (C=O) groups excluding carboxylic acids is 3. The molecular formula is C17H28N4O3. The molecule has 0 aromatic heterocycles. The third kappa shape index (κ3) is 3.27. The van der Waals surface area contributed by atoms with Gasteiger partial charge in [-0.2, -0.15) is 0 Å². The van der Waals surface area contributed by atoms with Crippen LogP contribution in [0.2, 0.25) is 0 Å². The number of hydrogen-bond donors (Lipinski definition) is 1. The summed E-state index contributed by atoms with van der Waals surface area (Å²) in [6.45, 7) is 6.70. The summed E-state index contributed by atoms with van der Waals surface area (Å²) >= 11 is 0. The molecule has 7 nitrogen and oxygen atoms in total. The Labute approximate surface area is 143 Å². The van der Waals surface area contributed by atoms with Crippen molar-refractivity contribution in [1.82, 2.24) is 20.0 Å². The number of rotatable bonds is 3. The van der Waals surface area contributed by atoms with Gasteiger partial charge in [-0.3, -0.25) is 19.8 Å². The molecule has 3 rings (SSSR count). The molecule has 1 saturated carbocycles. The van der Waals surface area contributed by atoms with E-state index in [2.05, 4.69) is 10.2 Å². The van der Waals surface area contributed by atoms with E-state index in [0.717, 1.165) is 26.1 Å². The average Bonchev–Trinajstić information content (AvgIpc) is 3.03. The maximum absolute atomic E-state index is 12.6. The summed E-state index contributed by atoms with van der Waals surface area (Å²) in [6.07, 6.45) is 6.15. The minimum absolute atomic E-state index is 0.0337. The zero-order valence-electron chi connectivity index (χ0n) is 14.7. The third-order valence-electron chi connectivity index (χ3n) is 5.71. The summed E-state index contributed by atoms with van der Waals surface area (Å²) in [6, 6.07) is 0.210. The lowest BCUT2D eigenvalue weighted by molar-refractivity contribution is -0.133. The second-order valence-electron chi connectivity index (χ2n) is 7.61. The molecule has 0 atom stereocenters. The van der Waals surface area contributed by atoms with Gasteiger partial charge in [0.2, 0.25) is 5.91 Å². The van der Waals surface area contributed by atoms with E-state index in [4.69, 9.17) is 0 Å². The van der Waals surface area contributed by atoms with Gasteiger partial charge in [0.15, 0.2) is 0 Å². The van der Waals surface area contributed by atoms with Gasteiger partial charge >= 0.3 is 6.03 Å². The van der Waals surface area contributed by atoms with Crippen molar-refractivity contribution in [3.8, 4) is 0 Å². The molecule has 7 heteroatoms. The first kappa shape index (κ1) is 17.2. The molecule has 1 aliphatic carbocycles. The van der Waals surface area contributed by atoms with Gasteiger partial charge in [0.1, 0.15) is 12.1 Å². The largest absolute Gasteiger partial charge is 0.340 e. The van der Waals surface area contributed by atoms with E-state index in [0.29, 0.717) is 12.6 Å². The molecule has 2 aliphatic heterocycles. The van der Waals surface area contributed by atoms with E-state index in [1.165, 1.54) is 30.6 Å². The predicted molar refractivity (Wildman–Crippen MR) is 89.3 cm³/mol. The summed E-state index contributed by atoms with van der Waals surface area (Å²) in [5.41, 5.74) is -0.964. The van der Waals surface area contributed by atoms with Gasteiger partial charge in [0, 0.05) is 32.2 Å². The first-order chi connectivity index (χ1) is 11.4. The zero-order chi connectivity index (χ0) is 17.3. The van der Waals surface area contributed by atoms with Crippen LogP contribution in [0.25, 0.3) is 0 Å². The first-order valence-corrected chi connectivity index (χ1v) is 9.04. The summed E-state index contributed by atoms with van der Waals surface area (Å²) < 4.78 is 0. The predicted octanol–water partition coefficient (Wildman–Crippen LogP) is 0.794. The second kappa shape index (κ2) is 6.70. The van der Waals surface area contributed by atoms with Crippen LogP contribution in [0.1, 0.15) is 46.0 Å². The van der Waals surface area contributed by atoms with Gasteiger partial charge in [0.25, 0.3) is 5.91 Å². The summed E-state index contributed by atoms with van der Waals surface area (Å²) in [5.74, 6) is -0.412. The fourth-order valence-corrected chi connectivity index (χ4v) is 4.02. The van der Waals surface area contributed by atoms with E-state index < -0.39 is 11.6 Å². The zero-order valence-corrected chi connectivity index (χ0v) is 14.7. The molecule has 2 saturated heterocycles. The minimum atomic E-state index is -0.964. The van der Waals surface area contributed by atoms with Crippen LogP contribution < -0.4 is 5.32 Å². The monoisotopic (exact) mass is 336 g/mol. The summed E-state index contributed by atoms with van der Waals surface area (Å²) in [7, 11) is 0. The Balaban J connectivity index is 1.57. The average molecular weight is 336 g/mol. The van der Waals surface area contributed by atoms with E-state index in [1.807, 2.05) is 4.90 Å². The van der Waals surface area contributed by atoms with Crippen LogP contribution in [0, 0.1) is 0 Å². The van der Waals surface area contributed by atoms with Crippen LogP contribution >= 0.6 is 0 Å². The molecule has 0 unspecified atom stereocenters. The molecule has 1 N–H and O–H groups in total. The van der Waals surface area contributed by atoms with Gasteiger partial charge in [-0.25, -0.2) is 4.79 Å². The van der Waals surface area contributed by atoms with Crippen molar-refractivity contribution < 1.29 is 14.4 Å². The molecule has 134 valence electrons. The number of hydrogen-bond acceptors (Lipinski definition) is 4. The molecule has 0 aromatic rings. The Morgan fingerprint density at radius 3 is 2.42 bits per heavy atom. The maximum atomic E-state index is 12.6. The molecule has 0 spiro atoms. The van der Waals surface area contributed by atoms with E-state index in [-0.39, 0.29) is 18.4 Å². The van der Waals surface area contributed by atoms with Crippen molar-refractivity contribution in [3.05, 3.63) is 0 Å². The lowest BCUT2D eigenvalue weighted by atomic mass is 10.0. The van der Waals surface area contributed by atoms with Crippen molar-refractivity contribution in [3.63, 3.8) is 0 Å². The second-order valence-corrected chi connectivity index (χ2v) is 7.61. The van der Waals surface area contributed by atoms with Crippen molar-refractivity contribution >= 4 is 17.8 Å². The van der Waals surface area contributed by atoms with Crippen LogP contribution in [-0.4, -0.2) is 76.8 Å². The van der Waals surface area contributed by atoms with E-state index in [1.54, 1.807) is 13.8 Å². The molecule has 24 heavy (non-hydrogen) atoms. The van der Waals surface area contributed by atoms with Gasteiger partial charge in [-0.1, -0.05) is 12.8 Å². The Morgan fingerprint density at radius 1 is 1.08 bits per heavy atom. The van der Waals surface area contributed by atoms with Crippen LogP contribution in [0.5, 0.6) is 0 Å². The number of nitrogens with zero attached hydrogens (tertiary/aromatic N) is 3. The van der Waals surface area contributed by atoms with E-state index in [9.17, 15) is 14.4 Å². The van der Waals surface area contributed by atoms with Crippen LogP contribution in [0.15, 0.2) is 0 Å². The topological polar surface area (TPSA) is 73.0 Å². The molecular weight excluding hydrogens is 308 g/mol. The lowest BCUT2D eigenvalue weighted by Crippen LogP contribution is -2.50. The quantitative estimate of drug-likeness (QED) is 0.774. The Kier molecular flexibility index (Phi) is 4.80. The van der Waals surface area contributed by atoms with Crippen LogP contribution in [-0.2, 0) is 9.59 Å². The van der Waals surface area contributed by atoms with Gasteiger partial charge in [-0.05, 0) is 33.1 Å². The number of amides is 4. The highest BCUT2D eigenvalue weighted by Gasteiger charge is 2.46. The van der Waals surface area contributed by atoms with Gasteiger partial charge < -0.3 is 9.80 Å². The lowest BCUT2D eigenvalue weighted by Gasteiger charge is -2.30. The highest BCUT2D eigenvalue weighted by Crippen LogP contribution is 2.25. The Bertz CT molecular complexity index is 528. The normalized spacial score (nSPS) is 25.9. The molecule has 0 bridgehead atoms. The highest BCUT2D eigenvalue weighted by atomic mass is 16.2. The maximum Gasteiger partial charge on any atom is 0.325 e. The molecule has 3 aliphatic rings. The Morgan fingerprint density at radius 2 is 1.79 bits per heavy atom. The first-order valence-electron chi connectivity index (χ1n) is 9.04. The van der Waals surface area contributed by atoms with Crippen LogP contribution in [0.4, 0.5) is 4.79 Å². The van der Waals surface area contributed by atoms with Crippen molar-refractivity contribution in [1.29, 1.82) is 0 Å². The number of urea groups is 1. The molecule has 0 radical (unpaired) electrons. The van der Waals surface area contributed by atoms with Gasteiger partial charge in [0.05, 0.1) is 0 Å². The third-order valence-corrected chi connectivity index (χ3v) is 5.71. The molecule has 3 fully saturated rings. The highest BCUT2D eigenvalue weighted by molar-refractivity contribution is 6.07. The van der Waals surface area contributed by atoms with Crippen molar-refractivity contribution in [2.75, 3.05) is 32.7 Å². The van der Waals surface area contributed by atoms with Crippen LogP contribution in [0.3, 0.4) is 0 Å². The standard InChI is InChI=1S/C17H28N4O3/c1-17(2)15(23)18-16(24)21(17)12-14(22)20-9-5-8-19(10-11-20)13-6-3-4-7-13/h13H,3-12H2,1-2H3,(H,18,23,24). The molecule has 2 heterocycles. The van der Waals surface area contributed by atoms with Crippen molar-refractivity contribution in [2.45, 2.75) is 57.5 Å². The molecule has 0 aromatic carbocycles. The van der Waals surface area contributed by atoms with E-state index >= 15 is 0 Å². The molecule has 4 amide bonds. The minimum Gasteiger partial charge on any atom is -0.340 e. The van der Waals surface area contributed by atoms with Gasteiger partial charge in [-0.15, -0.1) is 0 Å². The number of imide groups is 1. The van der Waals surface area contributed by atoms with Crippen molar-refractivity contribution in [2.24, 2.45) is 0 Å². The summed E-state index contributed by atoms with van der Waals surface area (Å²) in [4.78, 5) is 42.1.